The first kappa shape index (κ1) is 34.1. The summed E-state index contributed by atoms with van der Waals surface area (Å²) in [5.74, 6) is 1.03. The van der Waals surface area contributed by atoms with Gasteiger partial charge in [-0.15, -0.1) is 0 Å². The van der Waals surface area contributed by atoms with Gasteiger partial charge in [0.2, 0.25) is 15.9 Å². The third-order valence-corrected chi connectivity index (χ3v) is 7.89. The van der Waals surface area contributed by atoms with Gasteiger partial charge in [-0.25, -0.2) is 22.6 Å². The first-order valence-electron chi connectivity index (χ1n) is 14.0. The molecule has 2 aromatic carbocycles. The molecule has 0 aliphatic carbocycles. The Kier molecular flexibility index (Phi) is 14.3. The molecule has 0 radical (unpaired) electrons. The van der Waals surface area contributed by atoms with E-state index in [9.17, 15) is 17.6 Å². The zero-order valence-corrected chi connectivity index (χ0v) is 26.2. The number of hydrogen-bond donors (Lipinski definition) is 4. The fourth-order valence-electron chi connectivity index (χ4n) is 4.41. The highest BCUT2D eigenvalue weighted by Gasteiger charge is 2.14. The van der Waals surface area contributed by atoms with Crippen molar-refractivity contribution in [2.45, 2.75) is 43.6 Å². The molecule has 0 unspecified atom stereocenters. The first-order chi connectivity index (χ1) is 20.2. The molecule has 0 spiro atoms. The number of ether oxygens (including phenoxy) is 1. The first-order valence-corrected chi connectivity index (χ1v) is 16.8. The minimum Gasteiger partial charge on any atom is -0.375 e. The molecule has 3 aromatic rings. The van der Waals surface area contributed by atoms with Crippen molar-refractivity contribution in [3.8, 4) is 16.9 Å². The number of hydrogen-bond acceptors (Lipinski definition) is 8. The van der Waals surface area contributed by atoms with E-state index in [1.807, 2.05) is 6.07 Å². The van der Waals surface area contributed by atoms with Gasteiger partial charge < -0.3 is 10.1 Å². The number of thiol groups is 2. The summed E-state index contributed by atoms with van der Waals surface area (Å²) in [7, 11) is -3.82. The summed E-state index contributed by atoms with van der Waals surface area (Å²) >= 11 is 8.43. The fraction of sp³-hybridized carbons (Fsp3) is 0.448. The molecule has 0 aliphatic rings. The second-order valence-electron chi connectivity index (χ2n) is 9.87. The second kappa shape index (κ2) is 17.6. The van der Waals surface area contributed by atoms with Gasteiger partial charge in [0.1, 0.15) is 5.82 Å². The van der Waals surface area contributed by atoms with Crippen LogP contribution >= 0.6 is 25.3 Å². The molecule has 0 bridgehead atoms. The standard InChI is InChI=1S/C29H40FN5O4S3/c30-24-8-6-23(7-9-24)28-20-25(33-35(28)26-10-12-27(13-11-26)42(31,37)38)22-39-17-5-3-1-2-4-15-34(16-19-41)21-29(36)32-14-18-40/h6-13,20,40-41H,1-5,14-19,21-22H2,(H,32,36)(H2,31,37,38). The van der Waals surface area contributed by atoms with Crippen LogP contribution in [0.15, 0.2) is 59.5 Å². The molecule has 230 valence electrons. The molecule has 0 fully saturated rings. The summed E-state index contributed by atoms with van der Waals surface area (Å²) in [6.07, 6.45) is 5.16. The van der Waals surface area contributed by atoms with E-state index in [-0.39, 0.29) is 16.6 Å². The van der Waals surface area contributed by atoms with Crippen molar-refractivity contribution in [3.63, 3.8) is 0 Å². The number of halogens is 1. The van der Waals surface area contributed by atoms with Crippen LogP contribution in [0.25, 0.3) is 16.9 Å². The lowest BCUT2D eigenvalue weighted by Gasteiger charge is -2.20. The van der Waals surface area contributed by atoms with Crippen LogP contribution in [0.1, 0.15) is 37.8 Å². The van der Waals surface area contributed by atoms with Crippen LogP contribution in [0.2, 0.25) is 0 Å². The summed E-state index contributed by atoms with van der Waals surface area (Å²) < 4.78 is 44.4. The number of nitrogens with zero attached hydrogens (tertiary/aromatic N) is 3. The highest BCUT2D eigenvalue weighted by atomic mass is 32.2. The second-order valence-corrected chi connectivity index (χ2v) is 12.3. The maximum atomic E-state index is 13.5. The Morgan fingerprint density at radius 1 is 0.976 bits per heavy atom. The number of nitrogens with two attached hydrogens (primary N) is 1. The van der Waals surface area contributed by atoms with Crippen LogP contribution in [0.3, 0.4) is 0 Å². The van der Waals surface area contributed by atoms with E-state index in [2.05, 4.69) is 40.6 Å². The number of aromatic nitrogens is 2. The fourth-order valence-corrected chi connectivity index (χ4v) is 5.32. The number of benzene rings is 2. The average Bonchev–Trinajstić information content (AvgIpc) is 3.39. The van der Waals surface area contributed by atoms with Gasteiger partial charge in [-0.05, 0) is 74.0 Å². The van der Waals surface area contributed by atoms with Crippen LogP contribution in [0, 0.1) is 5.82 Å². The Balaban J connectivity index is 1.47. The molecule has 0 saturated heterocycles. The maximum absolute atomic E-state index is 13.5. The lowest BCUT2D eigenvalue weighted by Crippen LogP contribution is -2.39. The molecular formula is C29H40FN5O4S3. The molecule has 3 N–H and O–H groups in total. The van der Waals surface area contributed by atoms with Gasteiger partial charge in [0.05, 0.1) is 35.1 Å². The van der Waals surface area contributed by atoms with E-state index in [0.29, 0.717) is 49.2 Å². The van der Waals surface area contributed by atoms with Gasteiger partial charge >= 0.3 is 0 Å². The SMILES string of the molecule is NS(=O)(=O)c1ccc(-n2nc(COCCCCCCCN(CCS)CC(=O)NCCS)cc2-c2ccc(F)cc2)cc1. The average molecular weight is 638 g/mol. The Labute approximate surface area is 258 Å². The Morgan fingerprint density at radius 2 is 1.67 bits per heavy atom. The summed E-state index contributed by atoms with van der Waals surface area (Å²) in [5, 5.41) is 12.8. The smallest absolute Gasteiger partial charge is 0.238 e. The van der Waals surface area contributed by atoms with Gasteiger partial charge in [0, 0.05) is 36.8 Å². The predicted octanol–water partition coefficient (Wildman–Crippen LogP) is 4.07. The summed E-state index contributed by atoms with van der Waals surface area (Å²) in [4.78, 5) is 14.1. The third kappa shape index (κ3) is 11.3. The number of rotatable bonds is 19. The van der Waals surface area contributed by atoms with E-state index >= 15 is 0 Å². The van der Waals surface area contributed by atoms with Crippen LogP contribution in [-0.2, 0) is 26.2 Å². The predicted molar refractivity (Wildman–Crippen MR) is 170 cm³/mol. The number of nitrogens with one attached hydrogen (secondary N) is 1. The molecule has 1 heterocycles. The van der Waals surface area contributed by atoms with Crippen molar-refractivity contribution in [3.05, 3.63) is 66.1 Å². The maximum Gasteiger partial charge on any atom is 0.238 e. The number of carbonyl (C=O) groups is 1. The third-order valence-electron chi connectivity index (χ3n) is 6.54. The molecule has 0 saturated carbocycles. The van der Waals surface area contributed by atoms with Crippen molar-refractivity contribution in [2.24, 2.45) is 5.14 Å². The molecule has 0 atom stereocenters. The number of sulfonamides is 1. The Hall–Kier alpha value is -2.42. The minimum atomic E-state index is -3.82. The normalized spacial score (nSPS) is 11.7. The topological polar surface area (TPSA) is 120 Å². The minimum absolute atomic E-state index is 0.00703. The summed E-state index contributed by atoms with van der Waals surface area (Å²) in [5.41, 5.74) is 2.83. The largest absolute Gasteiger partial charge is 0.375 e. The molecule has 0 aliphatic heterocycles. The monoisotopic (exact) mass is 637 g/mol. The van der Waals surface area contributed by atoms with Gasteiger partial charge in [-0.3, -0.25) is 9.69 Å². The number of amides is 1. The molecule has 1 amide bonds. The summed E-state index contributed by atoms with van der Waals surface area (Å²) in [6.45, 7) is 3.53. The molecule has 1 aromatic heterocycles. The molecule has 3 rings (SSSR count). The Morgan fingerprint density at radius 3 is 2.33 bits per heavy atom. The van der Waals surface area contributed by atoms with Gasteiger partial charge in [0.25, 0.3) is 0 Å². The number of primary sulfonamides is 1. The van der Waals surface area contributed by atoms with Crippen molar-refractivity contribution in [2.75, 3.05) is 44.3 Å². The molecular weight excluding hydrogens is 598 g/mol. The van der Waals surface area contributed by atoms with E-state index in [1.165, 1.54) is 24.3 Å². The van der Waals surface area contributed by atoms with E-state index in [4.69, 9.17) is 9.88 Å². The van der Waals surface area contributed by atoms with Crippen molar-refractivity contribution >= 4 is 41.2 Å². The lowest BCUT2D eigenvalue weighted by atomic mass is 10.1. The van der Waals surface area contributed by atoms with Crippen molar-refractivity contribution in [1.82, 2.24) is 20.0 Å². The number of unbranched alkanes of at least 4 members (excludes halogenated alkanes) is 4. The molecule has 13 heteroatoms. The van der Waals surface area contributed by atoms with E-state index in [1.54, 1.807) is 28.9 Å². The van der Waals surface area contributed by atoms with Crippen LogP contribution in [-0.4, -0.2) is 73.3 Å². The Bertz CT molecular complexity index is 1350. The summed E-state index contributed by atoms with van der Waals surface area (Å²) in [6, 6.07) is 14.1. The van der Waals surface area contributed by atoms with Gasteiger partial charge in [0.15, 0.2) is 0 Å². The highest BCUT2D eigenvalue weighted by molar-refractivity contribution is 7.89. The van der Waals surface area contributed by atoms with Gasteiger partial charge in [-0.2, -0.15) is 30.4 Å². The van der Waals surface area contributed by atoms with Gasteiger partial charge in [-0.1, -0.05) is 19.3 Å². The van der Waals surface area contributed by atoms with Crippen molar-refractivity contribution < 1.29 is 22.3 Å². The molecule has 42 heavy (non-hydrogen) atoms. The molecule has 9 nitrogen and oxygen atoms in total. The zero-order chi connectivity index (χ0) is 30.4. The van der Waals surface area contributed by atoms with E-state index < -0.39 is 10.0 Å². The zero-order valence-electron chi connectivity index (χ0n) is 23.6. The van der Waals surface area contributed by atoms with Crippen LogP contribution < -0.4 is 10.5 Å². The van der Waals surface area contributed by atoms with Crippen LogP contribution in [0.4, 0.5) is 4.39 Å². The number of carbonyl (C=O) groups excluding carboxylic acids is 1. The lowest BCUT2D eigenvalue weighted by molar-refractivity contribution is -0.122. The van der Waals surface area contributed by atoms with E-state index in [0.717, 1.165) is 56.5 Å². The highest BCUT2D eigenvalue weighted by Crippen LogP contribution is 2.25. The van der Waals surface area contributed by atoms with Crippen molar-refractivity contribution in [1.29, 1.82) is 0 Å². The quantitative estimate of drug-likeness (QED) is 0.116. The van der Waals surface area contributed by atoms with Crippen LogP contribution in [0.5, 0.6) is 0 Å².